The minimum absolute atomic E-state index is 0.114. The highest BCUT2D eigenvalue weighted by Crippen LogP contribution is 2.27. The van der Waals surface area contributed by atoms with Gasteiger partial charge in [0, 0.05) is 0 Å². The number of carboxylic acid groups (broad SMARTS) is 1. The van der Waals surface area contributed by atoms with Gasteiger partial charge in [0.1, 0.15) is 0 Å². The summed E-state index contributed by atoms with van der Waals surface area (Å²) < 4.78 is 10.4. The van der Waals surface area contributed by atoms with Gasteiger partial charge in [-0.2, -0.15) is 0 Å². The number of nitrogens with one attached hydrogen (secondary N) is 1. The lowest BCUT2D eigenvalue weighted by atomic mass is 10.0. The molecular formula is C19H21NO5. The Bertz CT molecular complexity index is 730. The molecule has 0 saturated carbocycles. The molecule has 0 aliphatic carbocycles. The molecule has 25 heavy (non-hydrogen) atoms. The van der Waals surface area contributed by atoms with E-state index in [4.69, 9.17) is 14.6 Å². The van der Waals surface area contributed by atoms with E-state index in [1.165, 1.54) is 7.11 Å². The summed E-state index contributed by atoms with van der Waals surface area (Å²) in [4.78, 5) is 23.5. The minimum Gasteiger partial charge on any atom is -0.493 e. The molecule has 0 bridgehead atoms. The van der Waals surface area contributed by atoms with Crippen molar-refractivity contribution in [2.45, 2.75) is 18.9 Å². The number of hydrogen-bond acceptors (Lipinski definition) is 4. The molecule has 2 aromatic carbocycles. The van der Waals surface area contributed by atoms with Crippen LogP contribution in [0.1, 0.15) is 23.6 Å². The summed E-state index contributed by atoms with van der Waals surface area (Å²) in [5.41, 5.74) is 1.50. The van der Waals surface area contributed by atoms with E-state index in [-0.39, 0.29) is 18.7 Å². The number of carboxylic acids is 1. The number of benzene rings is 2. The first kappa shape index (κ1) is 18.3. The fourth-order valence-electron chi connectivity index (χ4n) is 2.53. The van der Waals surface area contributed by atoms with E-state index < -0.39 is 12.0 Å². The highest BCUT2D eigenvalue weighted by atomic mass is 16.5. The second-order valence-corrected chi connectivity index (χ2v) is 5.49. The lowest BCUT2D eigenvalue weighted by Gasteiger charge is -2.18. The fraction of sp³-hybridized carbons (Fsp3) is 0.263. The Morgan fingerprint density at radius 1 is 1.04 bits per heavy atom. The van der Waals surface area contributed by atoms with Crippen LogP contribution in [0, 0.1) is 0 Å². The summed E-state index contributed by atoms with van der Waals surface area (Å²) >= 11 is 0. The number of ether oxygens (including phenoxy) is 2. The van der Waals surface area contributed by atoms with Crippen molar-refractivity contribution in [1.82, 2.24) is 5.32 Å². The Hall–Kier alpha value is -3.02. The van der Waals surface area contributed by atoms with Crippen LogP contribution >= 0.6 is 0 Å². The van der Waals surface area contributed by atoms with E-state index >= 15 is 0 Å². The van der Waals surface area contributed by atoms with E-state index in [0.29, 0.717) is 11.5 Å². The number of hydrogen-bond donors (Lipinski definition) is 2. The van der Waals surface area contributed by atoms with Crippen LogP contribution in [0.15, 0.2) is 48.5 Å². The van der Waals surface area contributed by atoms with Gasteiger partial charge in [0.25, 0.3) is 0 Å². The molecule has 2 rings (SSSR count). The molecule has 6 nitrogen and oxygen atoms in total. The summed E-state index contributed by atoms with van der Waals surface area (Å²) in [6.07, 6.45) is -0.0645. The normalized spacial score (nSPS) is 11.4. The van der Waals surface area contributed by atoms with Gasteiger partial charge in [0.05, 0.1) is 33.1 Å². The first-order valence-corrected chi connectivity index (χ1v) is 7.80. The molecule has 2 N–H and O–H groups in total. The summed E-state index contributed by atoms with van der Waals surface area (Å²) in [5, 5.41) is 11.9. The third-order valence-electron chi connectivity index (χ3n) is 3.73. The summed E-state index contributed by atoms with van der Waals surface area (Å²) in [7, 11) is 3.07. The van der Waals surface area contributed by atoms with E-state index in [9.17, 15) is 9.59 Å². The van der Waals surface area contributed by atoms with Crippen molar-refractivity contribution in [3.8, 4) is 11.5 Å². The second-order valence-electron chi connectivity index (χ2n) is 5.49. The maximum atomic E-state index is 12.4. The minimum atomic E-state index is -0.972. The molecule has 0 aliphatic heterocycles. The Morgan fingerprint density at radius 2 is 1.72 bits per heavy atom. The predicted molar refractivity (Wildman–Crippen MR) is 92.8 cm³/mol. The highest BCUT2D eigenvalue weighted by molar-refractivity contribution is 5.80. The standard InChI is InChI=1S/C19H21NO5/c1-24-16-9-8-13(10-17(16)25-2)11-18(21)20-15(12-19(22)23)14-6-4-3-5-7-14/h3-10,15H,11-12H2,1-2H3,(H,20,21)(H,22,23). The van der Waals surface area contributed by atoms with Gasteiger partial charge in [0.2, 0.25) is 5.91 Å². The molecule has 0 fully saturated rings. The zero-order chi connectivity index (χ0) is 18.2. The summed E-state index contributed by atoms with van der Waals surface area (Å²) in [5.74, 6) is -0.111. The predicted octanol–water partition coefficient (Wildman–Crippen LogP) is 2.58. The quantitative estimate of drug-likeness (QED) is 0.769. The number of carbonyl (C=O) groups excluding carboxylic acids is 1. The number of rotatable bonds is 8. The molecule has 1 amide bonds. The van der Waals surface area contributed by atoms with Crippen molar-refractivity contribution >= 4 is 11.9 Å². The number of aliphatic carboxylic acids is 1. The van der Waals surface area contributed by atoms with Gasteiger partial charge in [-0.25, -0.2) is 0 Å². The topological polar surface area (TPSA) is 84.9 Å². The molecule has 0 heterocycles. The molecule has 2 aromatic rings. The maximum absolute atomic E-state index is 12.4. The lowest BCUT2D eigenvalue weighted by molar-refractivity contribution is -0.137. The van der Waals surface area contributed by atoms with Crippen LogP contribution in [0.2, 0.25) is 0 Å². The molecule has 0 saturated heterocycles. The van der Waals surface area contributed by atoms with E-state index in [0.717, 1.165) is 11.1 Å². The molecule has 1 unspecified atom stereocenters. The van der Waals surface area contributed by atoms with Crippen LogP contribution in [0.5, 0.6) is 11.5 Å². The Morgan fingerprint density at radius 3 is 2.32 bits per heavy atom. The molecule has 132 valence electrons. The molecule has 1 atom stereocenters. The molecule has 6 heteroatoms. The molecule has 0 radical (unpaired) electrons. The first-order chi connectivity index (χ1) is 12.0. The van der Waals surface area contributed by atoms with Crippen LogP contribution in [-0.4, -0.2) is 31.2 Å². The number of methoxy groups -OCH3 is 2. The van der Waals surface area contributed by atoms with Crippen molar-refractivity contribution in [2.24, 2.45) is 0 Å². The van der Waals surface area contributed by atoms with Crippen molar-refractivity contribution in [1.29, 1.82) is 0 Å². The zero-order valence-electron chi connectivity index (χ0n) is 14.2. The van der Waals surface area contributed by atoms with Crippen molar-refractivity contribution in [3.05, 3.63) is 59.7 Å². The van der Waals surface area contributed by atoms with Gasteiger partial charge in [-0.1, -0.05) is 36.4 Å². The van der Waals surface area contributed by atoms with Crippen molar-refractivity contribution in [3.63, 3.8) is 0 Å². The number of carbonyl (C=O) groups is 2. The lowest BCUT2D eigenvalue weighted by Crippen LogP contribution is -2.31. The third kappa shape index (κ3) is 5.24. The maximum Gasteiger partial charge on any atom is 0.305 e. The van der Waals surface area contributed by atoms with Gasteiger partial charge < -0.3 is 19.9 Å². The van der Waals surface area contributed by atoms with Crippen molar-refractivity contribution in [2.75, 3.05) is 14.2 Å². The van der Waals surface area contributed by atoms with Crippen LogP contribution in [0.3, 0.4) is 0 Å². The fourth-order valence-corrected chi connectivity index (χ4v) is 2.53. The molecular weight excluding hydrogens is 322 g/mol. The van der Waals surface area contributed by atoms with Crippen LogP contribution in [0.25, 0.3) is 0 Å². The van der Waals surface area contributed by atoms with E-state index in [1.807, 2.05) is 18.2 Å². The highest BCUT2D eigenvalue weighted by Gasteiger charge is 2.18. The van der Waals surface area contributed by atoms with Gasteiger partial charge in [0.15, 0.2) is 11.5 Å². The third-order valence-corrected chi connectivity index (χ3v) is 3.73. The van der Waals surface area contributed by atoms with Crippen molar-refractivity contribution < 1.29 is 24.2 Å². The summed E-state index contributed by atoms with van der Waals surface area (Å²) in [6, 6.07) is 13.7. The Balaban J connectivity index is 2.09. The molecule has 0 spiro atoms. The van der Waals surface area contributed by atoms with Gasteiger partial charge in [-0.3, -0.25) is 9.59 Å². The average molecular weight is 343 g/mol. The van der Waals surface area contributed by atoms with Gasteiger partial charge in [-0.15, -0.1) is 0 Å². The SMILES string of the molecule is COc1ccc(CC(=O)NC(CC(=O)O)c2ccccc2)cc1OC. The Labute approximate surface area is 146 Å². The molecule has 0 aliphatic rings. The van der Waals surface area contributed by atoms with E-state index in [2.05, 4.69) is 5.32 Å². The molecule has 0 aromatic heterocycles. The van der Waals surface area contributed by atoms with Gasteiger partial charge in [-0.05, 0) is 23.3 Å². The largest absolute Gasteiger partial charge is 0.493 e. The Kier molecular flexibility index (Phi) is 6.39. The average Bonchev–Trinajstić information content (AvgIpc) is 2.61. The van der Waals surface area contributed by atoms with Crippen LogP contribution in [0.4, 0.5) is 0 Å². The van der Waals surface area contributed by atoms with Crippen LogP contribution < -0.4 is 14.8 Å². The number of amides is 1. The first-order valence-electron chi connectivity index (χ1n) is 7.80. The monoisotopic (exact) mass is 343 g/mol. The smallest absolute Gasteiger partial charge is 0.305 e. The summed E-state index contributed by atoms with van der Waals surface area (Å²) in [6.45, 7) is 0. The van der Waals surface area contributed by atoms with Gasteiger partial charge >= 0.3 is 5.97 Å². The second kappa shape index (κ2) is 8.73. The zero-order valence-corrected chi connectivity index (χ0v) is 14.2. The van der Waals surface area contributed by atoms with Crippen LogP contribution in [-0.2, 0) is 16.0 Å². The van der Waals surface area contributed by atoms with E-state index in [1.54, 1.807) is 37.4 Å².